The highest BCUT2D eigenvalue weighted by atomic mass is 35.5. The minimum atomic E-state index is -0.529. The van der Waals surface area contributed by atoms with E-state index in [9.17, 15) is 14.9 Å². The van der Waals surface area contributed by atoms with Crippen LogP contribution in [-0.2, 0) is 4.79 Å². The number of nitro groups is 1. The number of piperidine rings is 1. The molecule has 1 N–H and O–H groups in total. The molecule has 0 bridgehead atoms. The zero-order chi connectivity index (χ0) is 16.8. The van der Waals surface area contributed by atoms with Gasteiger partial charge in [-0.05, 0) is 32.0 Å². The normalized spacial score (nSPS) is 14.4. The van der Waals surface area contributed by atoms with E-state index in [2.05, 4.69) is 5.32 Å². The summed E-state index contributed by atoms with van der Waals surface area (Å²) in [4.78, 5) is 24.2. The topological polar surface area (TPSA) is 93.9 Å². The molecule has 1 aliphatic heterocycles. The Kier molecular flexibility index (Phi) is 7.73. The van der Waals surface area contributed by atoms with Crippen LogP contribution >= 0.6 is 12.4 Å². The van der Waals surface area contributed by atoms with Crippen molar-refractivity contribution in [1.82, 2.24) is 10.2 Å². The van der Waals surface area contributed by atoms with Gasteiger partial charge in [0.05, 0.1) is 12.0 Å². The fourth-order valence-corrected chi connectivity index (χ4v) is 2.54. The zero-order valence-electron chi connectivity index (χ0n) is 13.7. The average molecular weight is 360 g/mol. The van der Waals surface area contributed by atoms with Gasteiger partial charge in [-0.25, -0.2) is 0 Å². The Morgan fingerprint density at radius 3 is 2.67 bits per heavy atom. The number of benzene rings is 1. The molecule has 24 heavy (non-hydrogen) atoms. The lowest BCUT2D eigenvalue weighted by molar-refractivity contribution is -0.385. The van der Waals surface area contributed by atoms with Crippen molar-refractivity contribution >= 4 is 24.0 Å². The van der Waals surface area contributed by atoms with E-state index >= 15 is 0 Å². The summed E-state index contributed by atoms with van der Waals surface area (Å²) in [5, 5.41) is 14.1. The molecule has 2 rings (SSSR count). The number of likely N-dealkylation sites (N-methyl/N-ethyl adjacent to an activating group) is 1. The first-order valence-corrected chi connectivity index (χ1v) is 7.44. The molecule has 0 atom stereocenters. The molecule has 0 unspecified atom stereocenters. The number of hydrogen-bond donors (Lipinski definition) is 1. The van der Waals surface area contributed by atoms with Gasteiger partial charge in [0.2, 0.25) is 5.75 Å². The van der Waals surface area contributed by atoms with Crippen LogP contribution in [0.15, 0.2) is 18.2 Å². The lowest BCUT2D eigenvalue weighted by Crippen LogP contribution is -2.45. The van der Waals surface area contributed by atoms with Crippen molar-refractivity contribution in [2.24, 2.45) is 0 Å². The van der Waals surface area contributed by atoms with Gasteiger partial charge in [-0.1, -0.05) is 0 Å². The van der Waals surface area contributed by atoms with Crippen LogP contribution in [0.2, 0.25) is 0 Å². The molecular formula is C15H22ClN3O5. The number of carbonyl (C=O) groups is 1. The zero-order valence-corrected chi connectivity index (χ0v) is 14.5. The molecule has 1 amide bonds. The van der Waals surface area contributed by atoms with Crippen LogP contribution in [0.25, 0.3) is 0 Å². The third-order valence-electron chi connectivity index (χ3n) is 3.96. The van der Waals surface area contributed by atoms with E-state index in [1.807, 2.05) is 0 Å². The molecule has 1 saturated heterocycles. The summed E-state index contributed by atoms with van der Waals surface area (Å²) < 4.78 is 10.4. The summed E-state index contributed by atoms with van der Waals surface area (Å²) in [7, 11) is 3.13. The molecule has 8 nitrogen and oxygen atoms in total. The van der Waals surface area contributed by atoms with E-state index in [1.165, 1.54) is 25.3 Å². The predicted molar refractivity (Wildman–Crippen MR) is 91.1 cm³/mol. The Morgan fingerprint density at radius 1 is 1.42 bits per heavy atom. The first-order valence-electron chi connectivity index (χ1n) is 7.44. The third kappa shape index (κ3) is 4.97. The molecule has 1 aromatic rings. The van der Waals surface area contributed by atoms with Crippen LogP contribution in [0.3, 0.4) is 0 Å². The van der Waals surface area contributed by atoms with E-state index in [-0.39, 0.29) is 42.4 Å². The van der Waals surface area contributed by atoms with Gasteiger partial charge in [-0.15, -0.1) is 12.4 Å². The number of ether oxygens (including phenoxy) is 2. The number of nitrogens with one attached hydrogen (secondary N) is 1. The van der Waals surface area contributed by atoms with Crippen molar-refractivity contribution in [3.05, 3.63) is 28.3 Å². The average Bonchev–Trinajstić information content (AvgIpc) is 2.59. The molecule has 9 heteroatoms. The fraction of sp³-hybridized carbons (Fsp3) is 0.533. The van der Waals surface area contributed by atoms with E-state index in [0.29, 0.717) is 5.75 Å². The largest absolute Gasteiger partial charge is 0.490 e. The van der Waals surface area contributed by atoms with Crippen molar-refractivity contribution < 1.29 is 19.2 Å². The number of carbonyl (C=O) groups excluding carboxylic acids is 1. The van der Waals surface area contributed by atoms with Gasteiger partial charge in [0.1, 0.15) is 5.75 Å². The summed E-state index contributed by atoms with van der Waals surface area (Å²) in [6.07, 6.45) is 1.85. The van der Waals surface area contributed by atoms with Gasteiger partial charge >= 0.3 is 5.69 Å². The highest BCUT2D eigenvalue weighted by molar-refractivity contribution is 5.85. The van der Waals surface area contributed by atoms with Crippen LogP contribution in [0.5, 0.6) is 11.5 Å². The molecular weight excluding hydrogens is 338 g/mol. The first kappa shape index (κ1) is 20.0. The standard InChI is InChI=1S/C15H21N3O5.ClH/c1-17(11-5-7-16-8-6-11)15(19)10-23-12-3-4-13(18(20)21)14(9-12)22-2;/h3-4,9,11,16H,5-8,10H2,1-2H3;1H. The number of rotatable bonds is 6. The van der Waals surface area contributed by atoms with Gasteiger partial charge in [0.15, 0.2) is 6.61 Å². The Hall–Kier alpha value is -2.06. The lowest BCUT2D eigenvalue weighted by atomic mass is 10.1. The smallest absolute Gasteiger partial charge is 0.311 e. The quantitative estimate of drug-likeness (QED) is 0.612. The maximum Gasteiger partial charge on any atom is 0.311 e. The Labute approximate surface area is 146 Å². The predicted octanol–water partition coefficient (Wildman–Crippen LogP) is 1.61. The Bertz CT molecular complexity index is 578. The van der Waals surface area contributed by atoms with Gasteiger partial charge in [-0.2, -0.15) is 0 Å². The maximum absolute atomic E-state index is 12.2. The second-order valence-electron chi connectivity index (χ2n) is 5.37. The van der Waals surface area contributed by atoms with Gasteiger partial charge < -0.3 is 19.7 Å². The van der Waals surface area contributed by atoms with Crippen LogP contribution in [0, 0.1) is 10.1 Å². The van der Waals surface area contributed by atoms with Crippen molar-refractivity contribution in [3.63, 3.8) is 0 Å². The van der Waals surface area contributed by atoms with Crippen LogP contribution in [-0.4, -0.2) is 55.6 Å². The number of nitrogens with zero attached hydrogens (tertiary/aromatic N) is 2. The molecule has 0 aromatic heterocycles. The van der Waals surface area contributed by atoms with Crippen molar-refractivity contribution in [2.75, 3.05) is 33.9 Å². The molecule has 1 aliphatic rings. The SMILES string of the molecule is COc1cc(OCC(=O)N(C)C2CCNCC2)ccc1[N+](=O)[O-].Cl. The number of nitro benzene ring substituents is 1. The maximum atomic E-state index is 12.2. The van der Waals surface area contributed by atoms with Crippen molar-refractivity contribution in [2.45, 2.75) is 18.9 Å². The monoisotopic (exact) mass is 359 g/mol. The van der Waals surface area contributed by atoms with E-state index in [0.717, 1.165) is 25.9 Å². The fourth-order valence-electron chi connectivity index (χ4n) is 2.54. The molecule has 1 fully saturated rings. The summed E-state index contributed by atoms with van der Waals surface area (Å²) in [6, 6.07) is 4.39. The number of methoxy groups -OCH3 is 1. The molecule has 134 valence electrons. The van der Waals surface area contributed by atoms with Crippen LogP contribution < -0.4 is 14.8 Å². The second-order valence-corrected chi connectivity index (χ2v) is 5.37. The minimum Gasteiger partial charge on any atom is -0.490 e. The summed E-state index contributed by atoms with van der Waals surface area (Å²) >= 11 is 0. The van der Waals surface area contributed by atoms with E-state index in [1.54, 1.807) is 11.9 Å². The molecule has 0 radical (unpaired) electrons. The van der Waals surface area contributed by atoms with Gasteiger partial charge in [0.25, 0.3) is 5.91 Å². The van der Waals surface area contributed by atoms with Crippen LogP contribution in [0.4, 0.5) is 5.69 Å². The van der Waals surface area contributed by atoms with E-state index in [4.69, 9.17) is 9.47 Å². The Morgan fingerprint density at radius 2 is 2.08 bits per heavy atom. The van der Waals surface area contributed by atoms with Crippen molar-refractivity contribution in [3.8, 4) is 11.5 Å². The Balaban J connectivity index is 0.00000288. The third-order valence-corrected chi connectivity index (χ3v) is 3.96. The lowest BCUT2D eigenvalue weighted by Gasteiger charge is -2.31. The summed E-state index contributed by atoms with van der Waals surface area (Å²) in [5.74, 6) is 0.348. The summed E-state index contributed by atoms with van der Waals surface area (Å²) in [6.45, 7) is 1.70. The summed E-state index contributed by atoms with van der Waals surface area (Å²) in [5.41, 5.74) is -0.141. The van der Waals surface area contributed by atoms with Crippen LogP contribution in [0.1, 0.15) is 12.8 Å². The highest BCUT2D eigenvalue weighted by Gasteiger charge is 2.22. The molecule has 0 saturated carbocycles. The van der Waals surface area contributed by atoms with Gasteiger partial charge in [0, 0.05) is 25.2 Å². The van der Waals surface area contributed by atoms with E-state index < -0.39 is 4.92 Å². The number of hydrogen-bond acceptors (Lipinski definition) is 6. The molecule has 1 heterocycles. The molecule has 0 aliphatic carbocycles. The second kappa shape index (κ2) is 9.29. The van der Waals surface area contributed by atoms with Gasteiger partial charge in [-0.3, -0.25) is 14.9 Å². The number of amides is 1. The minimum absolute atomic E-state index is 0. The number of halogens is 1. The highest BCUT2D eigenvalue weighted by Crippen LogP contribution is 2.30. The first-order chi connectivity index (χ1) is 11.0. The molecule has 1 aromatic carbocycles. The molecule has 0 spiro atoms. The van der Waals surface area contributed by atoms with Crippen molar-refractivity contribution in [1.29, 1.82) is 0 Å².